The van der Waals surface area contributed by atoms with Gasteiger partial charge in [0.2, 0.25) is 0 Å². The van der Waals surface area contributed by atoms with Crippen molar-refractivity contribution in [1.29, 1.82) is 0 Å². The number of carboxylic acid groups (broad SMARTS) is 1. The number of para-hydroxylation sites is 1. The first-order valence-corrected chi connectivity index (χ1v) is 7.25. The highest BCUT2D eigenvalue weighted by Gasteiger charge is 2.23. The number of carbonyl (C=O) groups excluding carboxylic acids is 1. The number of amides is 2. The van der Waals surface area contributed by atoms with E-state index in [9.17, 15) is 9.59 Å². The van der Waals surface area contributed by atoms with Crippen LogP contribution in [0.2, 0.25) is 0 Å². The normalized spacial score (nSPS) is 18.0. The summed E-state index contributed by atoms with van der Waals surface area (Å²) in [7, 11) is 0. The highest BCUT2D eigenvalue weighted by molar-refractivity contribution is 7.99. The van der Waals surface area contributed by atoms with Crippen molar-refractivity contribution in [2.45, 2.75) is 12.5 Å². The smallest absolute Gasteiger partial charge is 0.323 e. The third-order valence-electron chi connectivity index (χ3n) is 2.86. The van der Waals surface area contributed by atoms with E-state index in [-0.39, 0.29) is 18.6 Å². The van der Waals surface area contributed by atoms with Crippen LogP contribution in [-0.2, 0) is 4.79 Å². The number of nitrogens with one attached hydrogen (secondary N) is 1. The quantitative estimate of drug-likeness (QED) is 0.882. The lowest BCUT2D eigenvalue weighted by molar-refractivity contribution is -0.135. The van der Waals surface area contributed by atoms with Crippen molar-refractivity contribution < 1.29 is 14.7 Å². The Balaban J connectivity index is 2.08. The minimum Gasteiger partial charge on any atom is -0.480 e. The number of thioether (sulfide) groups is 1. The van der Waals surface area contributed by atoms with Gasteiger partial charge in [-0.05, 0) is 24.3 Å². The fourth-order valence-corrected chi connectivity index (χ4v) is 3.08. The highest BCUT2D eigenvalue weighted by Crippen LogP contribution is 2.18. The Hall–Kier alpha value is -1.69. The molecule has 2 N–H and O–H groups in total. The summed E-state index contributed by atoms with van der Waals surface area (Å²) in [5.41, 5.74) is 0.591. The van der Waals surface area contributed by atoms with E-state index < -0.39 is 5.97 Å². The van der Waals surface area contributed by atoms with Crippen LogP contribution in [0.4, 0.5) is 10.5 Å². The monoisotopic (exact) mass is 280 g/mol. The number of rotatable bonds is 4. The number of urea groups is 1. The average molecular weight is 280 g/mol. The molecule has 1 atom stereocenters. The van der Waals surface area contributed by atoms with Crippen LogP contribution in [0.1, 0.15) is 6.42 Å². The molecule has 0 saturated carbocycles. The molecule has 0 bridgehead atoms. The van der Waals surface area contributed by atoms with Gasteiger partial charge in [-0.15, -0.1) is 0 Å². The topological polar surface area (TPSA) is 69.6 Å². The lowest BCUT2D eigenvalue weighted by Gasteiger charge is -2.23. The van der Waals surface area contributed by atoms with Crippen LogP contribution in [0.25, 0.3) is 0 Å². The first-order chi connectivity index (χ1) is 9.16. The Kier molecular flexibility index (Phi) is 4.68. The first-order valence-electron chi connectivity index (χ1n) is 6.09. The predicted octanol–water partition coefficient (Wildman–Crippen LogP) is 1.79. The Morgan fingerprint density at radius 2 is 2.11 bits per heavy atom. The zero-order valence-corrected chi connectivity index (χ0v) is 11.2. The van der Waals surface area contributed by atoms with Crippen molar-refractivity contribution in [3.8, 4) is 0 Å². The van der Waals surface area contributed by atoms with E-state index in [0.29, 0.717) is 5.69 Å². The average Bonchev–Trinajstić information content (AvgIpc) is 2.89. The Morgan fingerprint density at radius 1 is 1.37 bits per heavy atom. The molecule has 1 heterocycles. The molecule has 102 valence electrons. The van der Waals surface area contributed by atoms with E-state index >= 15 is 0 Å². The number of anilines is 1. The molecular formula is C13H16N2O3S. The number of aliphatic carboxylic acids is 1. The fourth-order valence-electron chi connectivity index (χ4n) is 1.92. The molecule has 1 aromatic rings. The second-order valence-corrected chi connectivity index (χ2v) is 5.48. The summed E-state index contributed by atoms with van der Waals surface area (Å²) in [6.07, 6.45) is 0.937. The van der Waals surface area contributed by atoms with Gasteiger partial charge in [0.05, 0.1) is 0 Å². The summed E-state index contributed by atoms with van der Waals surface area (Å²) in [5.74, 6) is 0.899. The molecule has 1 saturated heterocycles. The molecule has 1 aromatic carbocycles. The van der Waals surface area contributed by atoms with E-state index in [0.717, 1.165) is 17.9 Å². The number of carboxylic acids is 1. The van der Waals surface area contributed by atoms with Gasteiger partial charge in [0.25, 0.3) is 0 Å². The van der Waals surface area contributed by atoms with Crippen LogP contribution in [-0.4, -0.2) is 41.2 Å². The maximum atomic E-state index is 12.2. The SMILES string of the molecule is O=C(O)CN(C(=O)NC1CCSC1)c1ccccc1. The van der Waals surface area contributed by atoms with Crippen molar-refractivity contribution >= 4 is 29.4 Å². The van der Waals surface area contributed by atoms with Gasteiger partial charge >= 0.3 is 12.0 Å². The maximum absolute atomic E-state index is 12.2. The standard InChI is InChI=1S/C13H16N2O3S/c16-12(17)8-15(11-4-2-1-3-5-11)13(18)14-10-6-7-19-9-10/h1-5,10H,6-9H2,(H,14,18)(H,16,17). The second-order valence-electron chi connectivity index (χ2n) is 4.33. The molecule has 0 aliphatic carbocycles. The minimum absolute atomic E-state index is 0.137. The zero-order chi connectivity index (χ0) is 13.7. The van der Waals surface area contributed by atoms with Crippen LogP contribution >= 0.6 is 11.8 Å². The molecule has 19 heavy (non-hydrogen) atoms. The highest BCUT2D eigenvalue weighted by atomic mass is 32.2. The molecular weight excluding hydrogens is 264 g/mol. The Morgan fingerprint density at radius 3 is 2.68 bits per heavy atom. The summed E-state index contributed by atoms with van der Waals surface area (Å²) in [6.45, 7) is -0.338. The summed E-state index contributed by atoms with van der Waals surface area (Å²) in [6, 6.07) is 8.64. The Labute approximate surface area is 116 Å². The van der Waals surface area contributed by atoms with E-state index in [1.54, 1.807) is 36.0 Å². The van der Waals surface area contributed by atoms with Gasteiger partial charge in [-0.2, -0.15) is 11.8 Å². The van der Waals surface area contributed by atoms with Crippen molar-refractivity contribution in [3.63, 3.8) is 0 Å². The molecule has 1 aliphatic rings. The summed E-state index contributed by atoms with van der Waals surface area (Å²) < 4.78 is 0. The molecule has 0 aromatic heterocycles. The third-order valence-corrected chi connectivity index (χ3v) is 4.03. The number of carbonyl (C=O) groups is 2. The van der Waals surface area contributed by atoms with Gasteiger partial charge in [-0.1, -0.05) is 18.2 Å². The van der Waals surface area contributed by atoms with Crippen molar-refractivity contribution in [2.24, 2.45) is 0 Å². The molecule has 0 spiro atoms. The van der Waals surface area contributed by atoms with Crippen molar-refractivity contribution in [3.05, 3.63) is 30.3 Å². The maximum Gasteiger partial charge on any atom is 0.323 e. The van der Waals surface area contributed by atoms with Gasteiger partial charge in [0.1, 0.15) is 6.54 Å². The van der Waals surface area contributed by atoms with Crippen LogP contribution in [0.15, 0.2) is 30.3 Å². The molecule has 1 unspecified atom stereocenters. The minimum atomic E-state index is -1.03. The first kappa shape index (κ1) is 13.7. The molecule has 2 rings (SSSR count). The molecule has 2 amide bonds. The van der Waals surface area contributed by atoms with Gasteiger partial charge in [0, 0.05) is 17.5 Å². The van der Waals surface area contributed by atoms with Gasteiger partial charge in [0.15, 0.2) is 0 Å². The molecule has 1 fully saturated rings. The zero-order valence-electron chi connectivity index (χ0n) is 10.4. The molecule has 5 nitrogen and oxygen atoms in total. The lowest BCUT2D eigenvalue weighted by Crippen LogP contribution is -2.47. The van der Waals surface area contributed by atoms with Crippen LogP contribution in [0.3, 0.4) is 0 Å². The van der Waals surface area contributed by atoms with E-state index in [2.05, 4.69) is 5.32 Å². The molecule has 6 heteroatoms. The number of hydrogen-bond acceptors (Lipinski definition) is 3. The van der Waals surface area contributed by atoms with Crippen LogP contribution < -0.4 is 10.2 Å². The van der Waals surface area contributed by atoms with Crippen molar-refractivity contribution in [1.82, 2.24) is 5.32 Å². The lowest BCUT2D eigenvalue weighted by atomic mass is 10.2. The van der Waals surface area contributed by atoms with Gasteiger partial charge < -0.3 is 10.4 Å². The predicted molar refractivity (Wildman–Crippen MR) is 75.7 cm³/mol. The third kappa shape index (κ3) is 3.89. The van der Waals surface area contributed by atoms with E-state index in [4.69, 9.17) is 5.11 Å². The summed E-state index contributed by atoms with van der Waals surface area (Å²) in [4.78, 5) is 24.3. The summed E-state index contributed by atoms with van der Waals surface area (Å²) in [5, 5.41) is 11.8. The largest absolute Gasteiger partial charge is 0.480 e. The fraction of sp³-hybridized carbons (Fsp3) is 0.385. The van der Waals surface area contributed by atoms with Crippen LogP contribution in [0.5, 0.6) is 0 Å². The van der Waals surface area contributed by atoms with Gasteiger partial charge in [-0.25, -0.2) is 4.79 Å². The van der Waals surface area contributed by atoms with Gasteiger partial charge in [-0.3, -0.25) is 9.69 Å². The van der Waals surface area contributed by atoms with E-state index in [1.165, 1.54) is 4.90 Å². The number of hydrogen-bond donors (Lipinski definition) is 2. The second kappa shape index (κ2) is 6.47. The van der Waals surface area contributed by atoms with E-state index in [1.807, 2.05) is 6.07 Å². The summed E-state index contributed by atoms with van der Waals surface area (Å²) >= 11 is 1.80. The molecule has 1 aliphatic heterocycles. The number of nitrogens with zero attached hydrogens (tertiary/aromatic N) is 1. The number of benzene rings is 1. The Bertz CT molecular complexity index is 446. The van der Waals surface area contributed by atoms with Crippen LogP contribution in [0, 0.1) is 0 Å². The molecule has 0 radical (unpaired) electrons. The van der Waals surface area contributed by atoms with Crippen molar-refractivity contribution in [2.75, 3.05) is 23.0 Å².